The highest BCUT2D eigenvalue weighted by atomic mass is 16.5. The van der Waals surface area contributed by atoms with Crippen LogP contribution in [0.2, 0.25) is 0 Å². The maximum absolute atomic E-state index is 12.3. The zero-order valence-corrected chi connectivity index (χ0v) is 12.2. The molecule has 0 saturated heterocycles. The minimum atomic E-state index is -0.0984. The van der Waals surface area contributed by atoms with Crippen LogP contribution >= 0.6 is 0 Å². The van der Waals surface area contributed by atoms with Crippen molar-refractivity contribution in [1.29, 1.82) is 0 Å². The van der Waals surface area contributed by atoms with Crippen molar-refractivity contribution in [2.75, 3.05) is 13.7 Å². The highest BCUT2D eigenvalue weighted by Gasteiger charge is 2.08. The van der Waals surface area contributed by atoms with Crippen LogP contribution < -0.4 is 9.47 Å². The molecule has 0 aliphatic heterocycles. The Morgan fingerprint density at radius 1 is 1.05 bits per heavy atom. The van der Waals surface area contributed by atoms with E-state index in [0.29, 0.717) is 17.9 Å². The SMILES string of the molecule is CCOc1ccccc1C=CC(=O)c1ccccc1OC. The quantitative estimate of drug-likeness (QED) is 0.593. The van der Waals surface area contributed by atoms with E-state index < -0.39 is 0 Å². The molecule has 108 valence electrons. The largest absolute Gasteiger partial charge is 0.496 e. The van der Waals surface area contributed by atoms with Crippen molar-refractivity contribution in [3.8, 4) is 11.5 Å². The Morgan fingerprint density at radius 3 is 2.43 bits per heavy atom. The van der Waals surface area contributed by atoms with Gasteiger partial charge in [-0.2, -0.15) is 0 Å². The molecule has 3 heteroatoms. The van der Waals surface area contributed by atoms with Crippen LogP contribution in [0, 0.1) is 0 Å². The average molecular weight is 282 g/mol. The van der Waals surface area contributed by atoms with Crippen LogP contribution in [-0.4, -0.2) is 19.5 Å². The molecule has 0 aliphatic rings. The lowest BCUT2D eigenvalue weighted by molar-refractivity contribution is 0.104. The molecule has 0 heterocycles. The third-order valence-corrected chi connectivity index (χ3v) is 3.01. The summed E-state index contributed by atoms with van der Waals surface area (Å²) >= 11 is 0. The molecule has 0 atom stereocenters. The number of rotatable bonds is 6. The summed E-state index contributed by atoms with van der Waals surface area (Å²) < 4.78 is 10.7. The van der Waals surface area contributed by atoms with Gasteiger partial charge in [0, 0.05) is 5.56 Å². The van der Waals surface area contributed by atoms with Gasteiger partial charge in [0.05, 0.1) is 19.3 Å². The van der Waals surface area contributed by atoms with Gasteiger partial charge in [0.1, 0.15) is 11.5 Å². The maximum atomic E-state index is 12.3. The van der Waals surface area contributed by atoms with Crippen LogP contribution in [0.5, 0.6) is 11.5 Å². The Balaban J connectivity index is 2.23. The first-order valence-electron chi connectivity index (χ1n) is 6.83. The topological polar surface area (TPSA) is 35.5 Å². The molecule has 0 saturated carbocycles. The number of benzene rings is 2. The average Bonchev–Trinajstić information content (AvgIpc) is 2.54. The number of hydrogen-bond acceptors (Lipinski definition) is 3. The number of methoxy groups -OCH3 is 1. The summed E-state index contributed by atoms with van der Waals surface area (Å²) in [5.41, 5.74) is 1.42. The molecule has 2 rings (SSSR count). The summed E-state index contributed by atoms with van der Waals surface area (Å²) in [5, 5.41) is 0. The molecule has 0 aromatic heterocycles. The number of carbonyl (C=O) groups is 1. The Labute approximate surface area is 124 Å². The summed E-state index contributed by atoms with van der Waals surface area (Å²) in [6.07, 6.45) is 3.30. The maximum Gasteiger partial charge on any atom is 0.189 e. The number of ether oxygens (including phenoxy) is 2. The molecule has 0 aliphatic carbocycles. The second-order valence-electron chi connectivity index (χ2n) is 4.37. The van der Waals surface area contributed by atoms with E-state index in [1.54, 1.807) is 25.3 Å². The summed E-state index contributed by atoms with van der Waals surface area (Å²) in [5.74, 6) is 1.24. The van der Waals surface area contributed by atoms with E-state index in [1.807, 2.05) is 43.3 Å². The van der Waals surface area contributed by atoms with Crippen molar-refractivity contribution in [2.24, 2.45) is 0 Å². The van der Waals surface area contributed by atoms with E-state index in [4.69, 9.17) is 9.47 Å². The Kier molecular flexibility index (Phi) is 5.16. The van der Waals surface area contributed by atoms with Gasteiger partial charge in [-0.1, -0.05) is 30.3 Å². The zero-order chi connectivity index (χ0) is 15.1. The van der Waals surface area contributed by atoms with Crippen molar-refractivity contribution in [3.05, 3.63) is 65.7 Å². The summed E-state index contributed by atoms with van der Waals surface area (Å²) in [4.78, 5) is 12.3. The molecule has 3 nitrogen and oxygen atoms in total. The Hall–Kier alpha value is -2.55. The fourth-order valence-corrected chi connectivity index (χ4v) is 2.01. The predicted molar refractivity (Wildman–Crippen MR) is 84.0 cm³/mol. The van der Waals surface area contributed by atoms with E-state index in [9.17, 15) is 4.79 Å². The first-order valence-corrected chi connectivity index (χ1v) is 6.83. The van der Waals surface area contributed by atoms with Crippen molar-refractivity contribution in [3.63, 3.8) is 0 Å². The van der Waals surface area contributed by atoms with Gasteiger partial charge in [0.15, 0.2) is 5.78 Å². The molecule has 0 fully saturated rings. The second kappa shape index (κ2) is 7.29. The van der Waals surface area contributed by atoms with Crippen LogP contribution in [0.1, 0.15) is 22.8 Å². The minimum absolute atomic E-state index is 0.0984. The number of allylic oxidation sites excluding steroid dienone is 1. The molecule has 21 heavy (non-hydrogen) atoms. The van der Waals surface area contributed by atoms with E-state index in [-0.39, 0.29) is 5.78 Å². The van der Waals surface area contributed by atoms with E-state index in [2.05, 4.69) is 0 Å². The zero-order valence-electron chi connectivity index (χ0n) is 12.2. The van der Waals surface area contributed by atoms with Gasteiger partial charge in [-0.15, -0.1) is 0 Å². The number of hydrogen-bond donors (Lipinski definition) is 0. The van der Waals surface area contributed by atoms with E-state index >= 15 is 0 Å². The molecular weight excluding hydrogens is 264 g/mol. The Bertz CT molecular complexity index is 644. The molecule has 0 bridgehead atoms. The monoisotopic (exact) mass is 282 g/mol. The van der Waals surface area contributed by atoms with Gasteiger partial charge in [-0.05, 0) is 37.3 Å². The molecule has 2 aromatic rings. The van der Waals surface area contributed by atoms with Gasteiger partial charge >= 0.3 is 0 Å². The van der Waals surface area contributed by atoms with Gasteiger partial charge in [0.2, 0.25) is 0 Å². The number of carbonyl (C=O) groups excluding carboxylic acids is 1. The van der Waals surface area contributed by atoms with E-state index in [1.165, 1.54) is 6.08 Å². The van der Waals surface area contributed by atoms with Gasteiger partial charge < -0.3 is 9.47 Å². The third-order valence-electron chi connectivity index (χ3n) is 3.01. The minimum Gasteiger partial charge on any atom is -0.496 e. The fraction of sp³-hybridized carbons (Fsp3) is 0.167. The van der Waals surface area contributed by atoms with Crippen LogP contribution in [0.3, 0.4) is 0 Å². The standard InChI is InChI=1S/C18H18O3/c1-3-21-17-10-6-4-8-14(17)12-13-16(19)15-9-5-7-11-18(15)20-2/h4-13H,3H2,1-2H3. The lowest BCUT2D eigenvalue weighted by Crippen LogP contribution is -1.98. The van der Waals surface area contributed by atoms with Crippen LogP contribution in [0.25, 0.3) is 6.08 Å². The molecule has 2 aromatic carbocycles. The predicted octanol–water partition coefficient (Wildman–Crippen LogP) is 3.99. The molecule has 0 spiro atoms. The summed E-state index contributed by atoms with van der Waals surface area (Å²) in [7, 11) is 1.56. The fourth-order valence-electron chi connectivity index (χ4n) is 2.01. The normalized spacial score (nSPS) is 10.6. The number of para-hydroxylation sites is 2. The third kappa shape index (κ3) is 3.72. The lowest BCUT2D eigenvalue weighted by Gasteiger charge is -2.07. The highest BCUT2D eigenvalue weighted by Crippen LogP contribution is 2.21. The van der Waals surface area contributed by atoms with Crippen LogP contribution in [-0.2, 0) is 0 Å². The first-order chi connectivity index (χ1) is 10.3. The Morgan fingerprint density at radius 2 is 1.71 bits per heavy atom. The van der Waals surface area contributed by atoms with Gasteiger partial charge in [-0.25, -0.2) is 0 Å². The molecule has 0 radical (unpaired) electrons. The molecule has 0 unspecified atom stereocenters. The van der Waals surface area contributed by atoms with Crippen molar-refractivity contribution < 1.29 is 14.3 Å². The second-order valence-corrected chi connectivity index (χ2v) is 4.37. The molecule has 0 N–H and O–H groups in total. The first kappa shape index (κ1) is 14.9. The summed E-state index contributed by atoms with van der Waals surface area (Å²) in [6.45, 7) is 2.52. The van der Waals surface area contributed by atoms with Crippen molar-refractivity contribution >= 4 is 11.9 Å². The van der Waals surface area contributed by atoms with Crippen LogP contribution in [0.15, 0.2) is 54.6 Å². The van der Waals surface area contributed by atoms with Crippen molar-refractivity contribution in [2.45, 2.75) is 6.92 Å². The van der Waals surface area contributed by atoms with Crippen LogP contribution in [0.4, 0.5) is 0 Å². The van der Waals surface area contributed by atoms with Gasteiger partial charge in [-0.3, -0.25) is 4.79 Å². The van der Waals surface area contributed by atoms with Gasteiger partial charge in [0.25, 0.3) is 0 Å². The molecular formula is C18H18O3. The highest BCUT2D eigenvalue weighted by molar-refractivity contribution is 6.08. The summed E-state index contributed by atoms with van der Waals surface area (Å²) in [6, 6.07) is 14.8. The smallest absolute Gasteiger partial charge is 0.189 e. The number of ketones is 1. The molecule has 0 amide bonds. The lowest BCUT2D eigenvalue weighted by atomic mass is 10.1. The van der Waals surface area contributed by atoms with Crippen molar-refractivity contribution in [1.82, 2.24) is 0 Å². The van der Waals surface area contributed by atoms with E-state index in [0.717, 1.165) is 11.3 Å².